The van der Waals surface area contributed by atoms with Gasteiger partial charge in [-0.15, -0.1) is 0 Å². The summed E-state index contributed by atoms with van der Waals surface area (Å²) in [6.45, 7) is 4.15. The number of hydrogen-bond donors (Lipinski definition) is 1. The van der Waals surface area contributed by atoms with Gasteiger partial charge in [0.25, 0.3) is 0 Å². The molecule has 0 aliphatic carbocycles. The van der Waals surface area contributed by atoms with Crippen LogP contribution in [0.3, 0.4) is 0 Å². The number of rotatable bonds is 4. The van der Waals surface area contributed by atoms with Crippen LogP contribution in [0.4, 0.5) is 5.69 Å². The molecule has 1 aromatic rings. The van der Waals surface area contributed by atoms with Crippen molar-refractivity contribution in [3.63, 3.8) is 0 Å². The molecule has 2 N–H and O–H groups in total. The van der Waals surface area contributed by atoms with E-state index >= 15 is 0 Å². The van der Waals surface area contributed by atoms with Crippen LogP contribution >= 0.6 is 12.2 Å². The fourth-order valence-corrected chi connectivity index (χ4v) is 1.74. The molecule has 1 atom stereocenters. The molecule has 1 aromatic carbocycles. The van der Waals surface area contributed by atoms with Gasteiger partial charge in [-0.05, 0) is 37.7 Å². The minimum Gasteiger partial charge on any atom is -0.480 e. The van der Waals surface area contributed by atoms with E-state index in [1.807, 2.05) is 31.2 Å². The predicted octanol–water partition coefficient (Wildman–Crippen LogP) is 3.15. The topological polar surface area (TPSA) is 35.2 Å². The fraction of sp³-hybridized carbons (Fsp3) is 0.417. The van der Waals surface area contributed by atoms with Gasteiger partial charge in [0, 0.05) is 5.69 Å². The van der Waals surface area contributed by atoms with Gasteiger partial charge in [0.15, 0.2) is 5.05 Å². The number of para-hydroxylation sites is 1. The monoisotopic (exact) mass is 223 g/mol. The van der Waals surface area contributed by atoms with E-state index in [1.165, 1.54) is 0 Å². The summed E-state index contributed by atoms with van der Waals surface area (Å²) in [6.07, 6.45) is 2.25. The Morgan fingerprint density at radius 3 is 2.73 bits per heavy atom. The minimum atomic E-state index is 0.155. The molecule has 0 radical (unpaired) electrons. The van der Waals surface area contributed by atoms with E-state index in [0.29, 0.717) is 10.7 Å². The van der Waals surface area contributed by atoms with Crippen molar-refractivity contribution in [2.45, 2.75) is 32.8 Å². The molecule has 0 aromatic heterocycles. The third kappa shape index (κ3) is 3.51. The first-order valence-corrected chi connectivity index (χ1v) is 5.61. The van der Waals surface area contributed by atoms with Crippen molar-refractivity contribution in [2.24, 2.45) is 0 Å². The molecule has 1 rings (SSSR count). The molecule has 1 unspecified atom stereocenters. The largest absolute Gasteiger partial charge is 0.480 e. The Kier molecular flexibility index (Phi) is 4.56. The van der Waals surface area contributed by atoms with E-state index < -0.39 is 0 Å². The van der Waals surface area contributed by atoms with Crippen LogP contribution in [0.1, 0.15) is 32.3 Å². The molecule has 0 amide bonds. The summed E-state index contributed by atoms with van der Waals surface area (Å²) >= 11 is 5.20. The highest BCUT2D eigenvalue weighted by Gasteiger charge is 2.09. The predicted molar refractivity (Wildman–Crippen MR) is 68.0 cm³/mol. The number of hydrogen-bond acceptors (Lipinski definition) is 3. The summed E-state index contributed by atoms with van der Waals surface area (Å²) in [5.41, 5.74) is 7.29. The summed E-state index contributed by atoms with van der Waals surface area (Å²) in [4.78, 5) is 0. The maximum absolute atomic E-state index is 5.80. The van der Waals surface area contributed by atoms with Gasteiger partial charge in [-0.2, -0.15) is 0 Å². The van der Waals surface area contributed by atoms with E-state index in [0.717, 1.165) is 18.4 Å². The van der Waals surface area contributed by atoms with Crippen molar-refractivity contribution in [1.29, 1.82) is 0 Å². The first-order chi connectivity index (χ1) is 7.15. The third-order valence-electron chi connectivity index (χ3n) is 2.18. The maximum atomic E-state index is 5.80. The summed E-state index contributed by atoms with van der Waals surface area (Å²) in [7, 11) is 0. The highest BCUT2D eigenvalue weighted by Crippen LogP contribution is 2.15. The van der Waals surface area contributed by atoms with Crippen LogP contribution in [0, 0.1) is 0 Å². The number of benzene rings is 1. The molecule has 2 nitrogen and oxygen atoms in total. The van der Waals surface area contributed by atoms with Crippen molar-refractivity contribution in [3.8, 4) is 0 Å². The molecule has 0 spiro atoms. The van der Waals surface area contributed by atoms with Crippen LogP contribution in [-0.4, -0.2) is 11.2 Å². The average molecular weight is 223 g/mol. The van der Waals surface area contributed by atoms with Crippen molar-refractivity contribution in [3.05, 3.63) is 29.8 Å². The fourth-order valence-electron chi connectivity index (χ4n) is 1.39. The number of nitrogen functional groups attached to an aromatic ring is 1. The molecule has 0 bridgehead atoms. The molecule has 0 fully saturated rings. The van der Waals surface area contributed by atoms with Gasteiger partial charge >= 0.3 is 0 Å². The second-order valence-corrected chi connectivity index (χ2v) is 3.96. The minimum absolute atomic E-state index is 0.155. The lowest BCUT2D eigenvalue weighted by Gasteiger charge is -2.15. The Morgan fingerprint density at radius 2 is 2.13 bits per heavy atom. The Balaban J connectivity index is 2.65. The standard InChI is InChI=1S/C12H17NOS/c1-3-6-9(2)14-12(15)10-7-4-5-8-11(10)13/h4-5,7-9H,3,6,13H2,1-2H3. The lowest BCUT2D eigenvalue weighted by Crippen LogP contribution is -2.15. The molecule has 82 valence electrons. The Hall–Kier alpha value is -1.09. The number of thiocarbonyl (C=S) groups is 1. The summed E-state index contributed by atoms with van der Waals surface area (Å²) in [6, 6.07) is 7.51. The second-order valence-electron chi connectivity index (χ2n) is 3.59. The Bertz CT molecular complexity index is 338. The first kappa shape index (κ1) is 12.0. The van der Waals surface area contributed by atoms with Gasteiger partial charge in [0.2, 0.25) is 0 Å². The third-order valence-corrected chi connectivity index (χ3v) is 2.50. The Morgan fingerprint density at radius 1 is 1.47 bits per heavy atom. The van der Waals surface area contributed by atoms with Gasteiger partial charge in [-0.3, -0.25) is 0 Å². The van der Waals surface area contributed by atoms with Gasteiger partial charge in [-0.25, -0.2) is 0 Å². The Labute approximate surface area is 96.4 Å². The molecular weight excluding hydrogens is 206 g/mol. The van der Waals surface area contributed by atoms with Crippen LogP contribution in [-0.2, 0) is 4.74 Å². The second kappa shape index (κ2) is 5.71. The molecule has 0 aliphatic rings. The summed E-state index contributed by atoms with van der Waals surface area (Å²) in [5, 5.41) is 0.494. The smallest absolute Gasteiger partial charge is 0.193 e. The molecule has 0 saturated carbocycles. The van der Waals surface area contributed by atoms with E-state index in [4.69, 9.17) is 22.7 Å². The van der Waals surface area contributed by atoms with Crippen LogP contribution in [0.25, 0.3) is 0 Å². The van der Waals surface area contributed by atoms with E-state index in [2.05, 4.69) is 6.92 Å². The van der Waals surface area contributed by atoms with Crippen molar-refractivity contribution >= 4 is 23.0 Å². The van der Waals surface area contributed by atoms with E-state index in [-0.39, 0.29) is 6.10 Å². The van der Waals surface area contributed by atoms with Crippen molar-refractivity contribution in [1.82, 2.24) is 0 Å². The first-order valence-electron chi connectivity index (χ1n) is 5.20. The molecular formula is C12H17NOS. The van der Waals surface area contributed by atoms with Crippen molar-refractivity contribution in [2.75, 3.05) is 5.73 Å². The zero-order valence-corrected chi connectivity index (χ0v) is 10.0. The van der Waals surface area contributed by atoms with Crippen molar-refractivity contribution < 1.29 is 4.74 Å². The number of ether oxygens (including phenoxy) is 1. The lowest BCUT2D eigenvalue weighted by molar-refractivity contribution is 0.203. The average Bonchev–Trinajstić information content (AvgIpc) is 2.18. The van der Waals surface area contributed by atoms with Crippen LogP contribution in [0.5, 0.6) is 0 Å². The SMILES string of the molecule is CCCC(C)OC(=S)c1ccccc1N. The zero-order chi connectivity index (χ0) is 11.3. The molecule has 0 aliphatic heterocycles. The molecule has 0 heterocycles. The van der Waals surface area contributed by atoms with Gasteiger partial charge in [0.05, 0.1) is 11.7 Å². The summed E-state index contributed by atoms with van der Waals surface area (Å²) < 4.78 is 5.61. The van der Waals surface area contributed by atoms with Crippen LogP contribution in [0.15, 0.2) is 24.3 Å². The van der Waals surface area contributed by atoms with E-state index in [1.54, 1.807) is 0 Å². The maximum Gasteiger partial charge on any atom is 0.193 e. The molecule has 15 heavy (non-hydrogen) atoms. The van der Waals surface area contributed by atoms with Gasteiger partial charge < -0.3 is 10.5 Å². The molecule has 3 heteroatoms. The molecule has 0 saturated heterocycles. The number of nitrogens with two attached hydrogens (primary N) is 1. The number of anilines is 1. The van der Waals surface area contributed by atoms with Crippen LogP contribution in [0.2, 0.25) is 0 Å². The van der Waals surface area contributed by atoms with E-state index in [9.17, 15) is 0 Å². The quantitative estimate of drug-likeness (QED) is 0.629. The van der Waals surface area contributed by atoms with Gasteiger partial charge in [-0.1, -0.05) is 25.5 Å². The van der Waals surface area contributed by atoms with Gasteiger partial charge in [0.1, 0.15) is 0 Å². The zero-order valence-electron chi connectivity index (χ0n) is 9.19. The lowest BCUT2D eigenvalue weighted by atomic mass is 10.2. The normalized spacial score (nSPS) is 12.1. The summed E-state index contributed by atoms with van der Waals surface area (Å²) in [5.74, 6) is 0. The highest BCUT2D eigenvalue weighted by atomic mass is 32.1. The van der Waals surface area contributed by atoms with Crippen LogP contribution < -0.4 is 5.73 Å². The highest BCUT2D eigenvalue weighted by molar-refractivity contribution is 7.80.